The highest BCUT2D eigenvalue weighted by atomic mass is 32.2. The van der Waals surface area contributed by atoms with Crippen molar-refractivity contribution in [3.63, 3.8) is 0 Å². The molecule has 8 heteroatoms. The van der Waals surface area contributed by atoms with Gasteiger partial charge in [0.1, 0.15) is 5.82 Å². The van der Waals surface area contributed by atoms with E-state index in [9.17, 15) is 9.18 Å². The number of hydrogen-bond acceptors (Lipinski definition) is 6. The number of hydrogen-bond donors (Lipinski definition) is 1. The fraction of sp³-hybridized carbons (Fsp3) is 0.357. The van der Waals surface area contributed by atoms with Crippen molar-refractivity contribution in [1.82, 2.24) is 15.1 Å². The van der Waals surface area contributed by atoms with E-state index in [4.69, 9.17) is 5.73 Å². The summed E-state index contributed by atoms with van der Waals surface area (Å²) in [6.07, 6.45) is 1.87. The summed E-state index contributed by atoms with van der Waals surface area (Å²) in [6, 6.07) is 6.42. The Morgan fingerprint density at radius 2 is 2.18 bits per heavy atom. The number of carbonyl (C=O) groups is 1. The van der Waals surface area contributed by atoms with Gasteiger partial charge in [-0.1, -0.05) is 35.2 Å². The Morgan fingerprint density at radius 3 is 2.86 bits per heavy atom. The van der Waals surface area contributed by atoms with Crippen LogP contribution >= 0.6 is 23.1 Å². The molecule has 116 valence electrons. The van der Waals surface area contributed by atoms with Crippen molar-refractivity contribution in [3.05, 3.63) is 35.6 Å². The van der Waals surface area contributed by atoms with E-state index in [1.165, 1.54) is 35.2 Å². The smallest absolute Gasteiger partial charge is 0.233 e. The molecule has 0 spiro atoms. The molecule has 5 nitrogen and oxygen atoms in total. The maximum absolute atomic E-state index is 13.0. The van der Waals surface area contributed by atoms with Crippen molar-refractivity contribution in [2.45, 2.75) is 23.2 Å². The molecule has 0 aliphatic carbocycles. The molecule has 0 radical (unpaired) electrons. The predicted octanol–water partition coefficient (Wildman–Crippen LogP) is 2.72. The molecule has 1 aromatic heterocycles. The van der Waals surface area contributed by atoms with E-state index in [2.05, 4.69) is 10.2 Å². The minimum absolute atomic E-state index is 0.0354. The Balaban J connectivity index is 1.64. The highest BCUT2D eigenvalue weighted by Gasteiger charge is 2.29. The molecule has 1 amide bonds. The van der Waals surface area contributed by atoms with E-state index in [1.54, 1.807) is 12.1 Å². The molecule has 2 heterocycles. The van der Waals surface area contributed by atoms with Crippen LogP contribution in [0.2, 0.25) is 0 Å². The van der Waals surface area contributed by atoms with Crippen molar-refractivity contribution < 1.29 is 9.18 Å². The van der Waals surface area contributed by atoms with Crippen LogP contribution in [0.25, 0.3) is 0 Å². The van der Waals surface area contributed by atoms with Crippen LogP contribution in [-0.2, 0) is 4.79 Å². The Bertz CT molecular complexity index is 661. The number of rotatable bonds is 4. The largest absolute Gasteiger partial charge is 0.374 e. The third kappa shape index (κ3) is 3.38. The zero-order chi connectivity index (χ0) is 15.5. The summed E-state index contributed by atoms with van der Waals surface area (Å²) >= 11 is 2.63. The highest BCUT2D eigenvalue weighted by molar-refractivity contribution is 8.01. The van der Waals surface area contributed by atoms with Gasteiger partial charge < -0.3 is 10.6 Å². The summed E-state index contributed by atoms with van der Waals surface area (Å²) in [5.41, 5.74) is 6.51. The number of nitrogen functional groups attached to an aromatic ring is 1. The summed E-state index contributed by atoms with van der Waals surface area (Å²) < 4.78 is 13.7. The lowest BCUT2D eigenvalue weighted by Crippen LogP contribution is -2.31. The van der Waals surface area contributed by atoms with Gasteiger partial charge in [-0.25, -0.2) is 4.39 Å². The normalized spacial score (nSPS) is 17.9. The number of aromatic nitrogens is 2. The zero-order valence-corrected chi connectivity index (χ0v) is 13.4. The first kappa shape index (κ1) is 15.2. The summed E-state index contributed by atoms with van der Waals surface area (Å²) in [5, 5.41) is 8.03. The van der Waals surface area contributed by atoms with Gasteiger partial charge in [0.05, 0.1) is 11.8 Å². The number of halogens is 1. The lowest BCUT2D eigenvalue weighted by atomic mass is 10.0. The van der Waals surface area contributed by atoms with Gasteiger partial charge in [-0.05, 0) is 30.5 Å². The molecule has 1 fully saturated rings. The first-order valence-electron chi connectivity index (χ1n) is 6.90. The summed E-state index contributed by atoms with van der Waals surface area (Å²) in [4.78, 5) is 14.3. The van der Waals surface area contributed by atoms with Crippen LogP contribution in [-0.4, -0.2) is 33.3 Å². The van der Waals surface area contributed by atoms with Crippen LogP contribution in [0.15, 0.2) is 28.6 Å². The Kier molecular flexibility index (Phi) is 4.58. The topological polar surface area (TPSA) is 72.1 Å². The molecule has 1 aromatic carbocycles. The van der Waals surface area contributed by atoms with Crippen molar-refractivity contribution in [3.8, 4) is 0 Å². The second kappa shape index (κ2) is 6.62. The van der Waals surface area contributed by atoms with Crippen molar-refractivity contribution in [2.75, 3.05) is 18.0 Å². The predicted molar refractivity (Wildman–Crippen MR) is 85.1 cm³/mol. The highest BCUT2D eigenvalue weighted by Crippen LogP contribution is 2.33. The molecule has 0 bridgehead atoms. The average molecular weight is 338 g/mol. The number of thioether (sulfide) groups is 1. The third-order valence-electron chi connectivity index (χ3n) is 3.57. The number of amides is 1. The molecule has 2 N–H and O–H groups in total. The number of carbonyl (C=O) groups excluding carboxylic acids is 1. The molecule has 1 aliphatic heterocycles. The first-order valence-corrected chi connectivity index (χ1v) is 8.70. The van der Waals surface area contributed by atoms with Crippen LogP contribution in [0.5, 0.6) is 0 Å². The minimum Gasteiger partial charge on any atom is -0.374 e. The molecule has 0 unspecified atom stereocenters. The molecule has 0 saturated carbocycles. The van der Waals surface area contributed by atoms with Gasteiger partial charge in [-0.2, -0.15) is 0 Å². The Morgan fingerprint density at radius 1 is 1.41 bits per heavy atom. The number of nitrogens with two attached hydrogens (primary N) is 1. The maximum Gasteiger partial charge on any atom is 0.233 e. The van der Waals surface area contributed by atoms with E-state index in [1.807, 2.05) is 4.90 Å². The lowest BCUT2D eigenvalue weighted by Gasteiger charge is -2.25. The van der Waals surface area contributed by atoms with E-state index in [0.717, 1.165) is 24.9 Å². The van der Waals surface area contributed by atoms with Gasteiger partial charge in [0.2, 0.25) is 11.0 Å². The van der Waals surface area contributed by atoms with Crippen LogP contribution in [0.4, 0.5) is 9.52 Å². The molecule has 22 heavy (non-hydrogen) atoms. The summed E-state index contributed by atoms with van der Waals surface area (Å²) in [7, 11) is 0. The van der Waals surface area contributed by atoms with Crippen molar-refractivity contribution >= 4 is 34.1 Å². The zero-order valence-electron chi connectivity index (χ0n) is 11.7. The second-order valence-electron chi connectivity index (χ2n) is 4.99. The minimum atomic E-state index is -0.260. The van der Waals surface area contributed by atoms with Crippen molar-refractivity contribution in [2.24, 2.45) is 0 Å². The molecule has 1 saturated heterocycles. The molecular weight excluding hydrogens is 323 g/mol. The SMILES string of the molecule is Nc1nnc(SCC(=O)N2CCC[C@@H]2c2ccc(F)cc2)s1. The van der Waals surface area contributed by atoms with Gasteiger partial charge in [0.15, 0.2) is 4.34 Å². The van der Waals surface area contributed by atoms with E-state index in [0.29, 0.717) is 15.2 Å². The Hall–Kier alpha value is -1.67. The van der Waals surface area contributed by atoms with E-state index in [-0.39, 0.29) is 17.8 Å². The van der Waals surface area contributed by atoms with Crippen LogP contribution in [0, 0.1) is 5.82 Å². The number of likely N-dealkylation sites (tertiary alicyclic amines) is 1. The fourth-order valence-electron chi connectivity index (χ4n) is 2.58. The number of nitrogens with zero attached hydrogens (tertiary/aromatic N) is 3. The maximum atomic E-state index is 13.0. The van der Waals surface area contributed by atoms with Crippen molar-refractivity contribution in [1.29, 1.82) is 0 Å². The standard InChI is InChI=1S/C14H15FN4OS2/c15-10-5-3-9(4-6-10)11-2-1-7-19(11)12(20)8-21-14-18-17-13(16)22-14/h3-6,11H,1-2,7-8H2,(H2,16,17)/t11-/m1/s1. The molecule has 1 aliphatic rings. The lowest BCUT2D eigenvalue weighted by molar-refractivity contribution is -0.129. The van der Waals surface area contributed by atoms with Crippen LogP contribution < -0.4 is 5.73 Å². The summed E-state index contributed by atoms with van der Waals surface area (Å²) in [5.74, 6) is 0.112. The van der Waals surface area contributed by atoms with E-state index < -0.39 is 0 Å². The molecule has 2 aromatic rings. The number of benzene rings is 1. The monoisotopic (exact) mass is 338 g/mol. The first-order chi connectivity index (χ1) is 10.6. The fourth-order valence-corrected chi connectivity index (χ4v) is 4.10. The van der Waals surface area contributed by atoms with Gasteiger partial charge >= 0.3 is 0 Å². The van der Waals surface area contributed by atoms with Gasteiger partial charge in [-0.3, -0.25) is 4.79 Å². The molecular formula is C14H15FN4OS2. The second-order valence-corrected chi connectivity index (χ2v) is 7.22. The molecule has 3 rings (SSSR count). The Labute approximate surface area is 135 Å². The average Bonchev–Trinajstić information content (AvgIpc) is 3.14. The van der Waals surface area contributed by atoms with Gasteiger partial charge in [0.25, 0.3) is 0 Å². The van der Waals surface area contributed by atoms with Gasteiger partial charge in [-0.15, -0.1) is 10.2 Å². The molecule has 1 atom stereocenters. The third-order valence-corrected chi connectivity index (χ3v) is 5.44. The number of anilines is 1. The van der Waals surface area contributed by atoms with Gasteiger partial charge in [0, 0.05) is 6.54 Å². The quantitative estimate of drug-likeness (QED) is 0.868. The van der Waals surface area contributed by atoms with Crippen LogP contribution in [0.3, 0.4) is 0 Å². The van der Waals surface area contributed by atoms with E-state index >= 15 is 0 Å². The van der Waals surface area contributed by atoms with Crippen LogP contribution in [0.1, 0.15) is 24.4 Å². The summed E-state index contributed by atoms with van der Waals surface area (Å²) in [6.45, 7) is 0.736.